The van der Waals surface area contributed by atoms with E-state index in [9.17, 15) is 9.90 Å². The number of carbonyl (C=O) groups is 1. The summed E-state index contributed by atoms with van der Waals surface area (Å²) < 4.78 is 0. The highest BCUT2D eigenvalue weighted by molar-refractivity contribution is 8.04. The maximum Gasteiger partial charge on any atom is 0.245 e. The van der Waals surface area contributed by atoms with Gasteiger partial charge in [0.25, 0.3) is 0 Å². The van der Waals surface area contributed by atoms with E-state index in [-0.39, 0.29) is 22.0 Å². The quantitative estimate of drug-likeness (QED) is 0.785. The number of amides is 1. The normalized spacial score (nSPS) is 22.0. The van der Waals surface area contributed by atoms with Gasteiger partial charge in [0, 0.05) is 6.04 Å². The van der Waals surface area contributed by atoms with Crippen LogP contribution < -0.4 is 0 Å². The second kappa shape index (κ2) is 5.80. The van der Waals surface area contributed by atoms with E-state index in [1.165, 1.54) is 0 Å². The highest BCUT2D eigenvalue weighted by Crippen LogP contribution is 2.51. The van der Waals surface area contributed by atoms with Crippen LogP contribution in [0.4, 0.5) is 0 Å². The van der Waals surface area contributed by atoms with E-state index in [0.29, 0.717) is 11.8 Å². The second-order valence-corrected chi connectivity index (χ2v) is 10.5. The first-order chi connectivity index (χ1) is 11.4. The van der Waals surface area contributed by atoms with Crippen molar-refractivity contribution in [3.63, 3.8) is 0 Å². The van der Waals surface area contributed by atoms with Gasteiger partial charge in [-0.3, -0.25) is 4.79 Å². The minimum absolute atomic E-state index is 0.142. The molecule has 1 aromatic carbocycles. The zero-order valence-corrected chi connectivity index (χ0v) is 17.0. The first-order valence-corrected chi connectivity index (χ1v) is 9.85. The Balaban J connectivity index is 2.10. The van der Waals surface area contributed by atoms with Crippen LogP contribution in [-0.4, -0.2) is 22.0 Å². The molecule has 1 amide bonds. The highest BCUT2D eigenvalue weighted by Gasteiger charge is 2.44. The van der Waals surface area contributed by atoms with Gasteiger partial charge in [-0.1, -0.05) is 59.9 Å². The van der Waals surface area contributed by atoms with Gasteiger partial charge in [-0.05, 0) is 52.5 Å². The van der Waals surface area contributed by atoms with E-state index in [4.69, 9.17) is 0 Å². The maximum atomic E-state index is 13.0. The molecule has 2 fully saturated rings. The summed E-state index contributed by atoms with van der Waals surface area (Å²) in [5, 5.41) is 11.5. The van der Waals surface area contributed by atoms with E-state index in [0.717, 1.165) is 34.6 Å². The van der Waals surface area contributed by atoms with Crippen LogP contribution in [0.5, 0.6) is 5.75 Å². The Morgan fingerprint density at radius 2 is 1.56 bits per heavy atom. The second-order valence-electron chi connectivity index (χ2n) is 9.30. The van der Waals surface area contributed by atoms with Crippen molar-refractivity contribution in [2.24, 2.45) is 0 Å². The Labute approximate surface area is 155 Å². The molecule has 2 aliphatic rings. The Hall–Kier alpha value is -1.42. The molecule has 3 nitrogen and oxygen atoms in total. The molecule has 3 rings (SSSR count). The molecule has 1 atom stereocenters. The fourth-order valence-electron chi connectivity index (χ4n) is 3.37. The summed E-state index contributed by atoms with van der Waals surface area (Å²) in [5.41, 5.74) is 2.39. The molecule has 0 aromatic heterocycles. The Bertz CT molecular complexity index is 700. The molecule has 1 saturated carbocycles. The minimum atomic E-state index is -0.254. The van der Waals surface area contributed by atoms with Gasteiger partial charge in [-0.15, -0.1) is 0 Å². The third-order valence-electron chi connectivity index (χ3n) is 4.95. The Morgan fingerprint density at radius 3 is 1.96 bits per heavy atom. The first kappa shape index (κ1) is 18.4. The number of nitrogens with zero attached hydrogens (tertiary/aromatic N) is 1. The molecule has 1 aromatic rings. The lowest BCUT2D eigenvalue weighted by molar-refractivity contribution is -0.128. The maximum absolute atomic E-state index is 13.0. The smallest absolute Gasteiger partial charge is 0.245 e. The number of thioether (sulfide) groups is 1. The summed E-state index contributed by atoms with van der Waals surface area (Å²) in [6, 6.07) is 4.38. The van der Waals surface area contributed by atoms with E-state index >= 15 is 0 Å². The van der Waals surface area contributed by atoms with Crippen LogP contribution in [0.2, 0.25) is 0 Å². The largest absolute Gasteiger partial charge is 0.507 e. The van der Waals surface area contributed by atoms with Crippen molar-refractivity contribution in [2.75, 3.05) is 0 Å². The fraction of sp³-hybridized carbons (Fsp3) is 0.571. The van der Waals surface area contributed by atoms with Crippen molar-refractivity contribution >= 4 is 17.7 Å². The molecular formula is C21H29NO2S. The third kappa shape index (κ3) is 3.33. The molecule has 1 aliphatic heterocycles. The van der Waals surface area contributed by atoms with Gasteiger partial charge in [0.1, 0.15) is 11.0 Å². The van der Waals surface area contributed by atoms with Gasteiger partial charge < -0.3 is 10.0 Å². The van der Waals surface area contributed by atoms with Crippen molar-refractivity contribution in [2.45, 2.75) is 76.5 Å². The first-order valence-electron chi connectivity index (χ1n) is 8.98. The van der Waals surface area contributed by atoms with Gasteiger partial charge in [0.15, 0.2) is 0 Å². The number of rotatable bonds is 2. The number of benzene rings is 1. The van der Waals surface area contributed by atoms with Crippen LogP contribution in [0.25, 0.3) is 0 Å². The average Bonchev–Trinajstić information content (AvgIpc) is 3.23. The summed E-state index contributed by atoms with van der Waals surface area (Å²) in [4.78, 5) is 14.9. The fourth-order valence-corrected chi connectivity index (χ4v) is 4.48. The molecule has 136 valence electrons. The van der Waals surface area contributed by atoms with Crippen LogP contribution in [0.15, 0.2) is 23.7 Å². The standard InChI is InChI=1S/C21H29NO2S/c1-12-22(14-8-9-14)19(24)18(25-12)13-10-15(20(2,3)4)17(23)16(11-13)21(5,6)7/h10-11,14,18,23H,1,8-9H2,2-7H3. The molecular weight excluding hydrogens is 330 g/mol. The van der Waals surface area contributed by atoms with Crippen LogP contribution in [0.3, 0.4) is 0 Å². The predicted molar refractivity (Wildman–Crippen MR) is 105 cm³/mol. The van der Waals surface area contributed by atoms with E-state index in [1.807, 2.05) is 17.0 Å². The number of phenols is 1. The van der Waals surface area contributed by atoms with E-state index < -0.39 is 0 Å². The molecule has 0 bridgehead atoms. The number of carbonyl (C=O) groups excluding carboxylic acids is 1. The topological polar surface area (TPSA) is 40.5 Å². The minimum Gasteiger partial charge on any atom is -0.507 e. The molecule has 0 spiro atoms. The Kier molecular flexibility index (Phi) is 4.26. The molecule has 25 heavy (non-hydrogen) atoms. The van der Waals surface area contributed by atoms with Gasteiger partial charge in [-0.25, -0.2) is 0 Å². The van der Waals surface area contributed by atoms with Crippen molar-refractivity contribution in [1.82, 2.24) is 4.90 Å². The van der Waals surface area contributed by atoms with Crippen molar-refractivity contribution < 1.29 is 9.90 Å². The van der Waals surface area contributed by atoms with Crippen molar-refractivity contribution in [3.8, 4) is 5.75 Å². The number of aromatic hydroxyl groups is 1. The molecule has 1 saturated heterocycles. The third-order valence-corrected chi connectivity index (χ3v) is 6.13. The summed E-state index contributed by atoms with van der Waals surface area (Å²) in [6.07, 6.45) is 2.15. The average molecular weight is 360 g/mol. The van der Waals surface area contributed by atoms with Gasteiger partial charge in [0.05, 0.1) is 5.03 Å². The van der Waals surface area contributed by atoms with Crippen LogP contribution in [0, 0.1) is 0 Å². The molecule has 4 heteroatoms. The summed E-state index contributed by atoms with van der Waals surface area (Å²) >= 11 is 1.55. The SMILES string of the molecule is C=C1SC(c2cc(C(C)(C)C)c(O)c(C(C)(C)C)c2)C(=O)N1C1CC1. The summed E-state index contributed by atoms with van der Waals surface area (Å²) in [6.45, 7) is 16.7. The molecule has 1 unspecified atom stereocenters. The van der Waals surface area contributed by atoms with E-state index in [2.05, 4.69) is 48.1 Å². The lowest BCUT2D eigenvalue weighted by Crippen LogP contribution is -2.28. The van der Waals surface area contributed by atoms with Gasteiger partial charge in [-0.2, -0.15) is 0 Å². The van der Waals surface area contributed by atoms with Gasteiger partial charge >= 0.3 is 0 Å². The predicted octanol–water partition coefficient (Wildman–Crippen LogP) is 5.24. The number of hydrogen-bond donors (Lipinski definition) is 1. The van der Waals surface area contributed by atoms with Gasteiger partial charge in [0.2, 0.25) is 5.91 Å². The monoisotopic (exact) mass is 359 g/mol. The van der Waals surface area contributed by atoms with Crippen LogP contribution >= 0.6 is 11.8 Å². The number of hydrogen-bond acceptors (Lipinski definition) is 3. The van der Waals surface area contributed by atoms with Crippen molar-refractivity contribution in [1.29, 1.82) is 0 Å². The van der Waals surface area contributed by atoms with Crippen LogP contribution in [0.1, 0.15) is 76.3 Å². The molecule has 1 aliphatic carbocycles. The molecule has 1 N–H and O–H groups in total. The lowest BCUT2D eigenvalue weighted by atomic mass is 9.78. The molecule has 0 radical (unpaired) electrons. The summed E-state index contributed by atoms with van der Waals surface area (Å²) in [5.74, 6) is 0.500. The number of phenolic OH excluding ortho intramolecular Hbond substituents is 1. The molecule has 1 heterocycles. The highest BCUT2D eigenvalue weighted by atomic mass is 32.2. The van der Waals surface area contributed by atoms with E-state index in [1.54, 1.807) is 11.8 Å². The Morgan fingerprint density at radius 1 is 1.08 bits per heavy atom. The zero-order chi connectivity index (χ0) is 18.7. The lowest BCUT2D eigenvalue weighted by Gasteiger charge is -2.29. The zero-order valence-electron chi connectivity index (χ0n) is 16.1. The van der Waals surface area contributed by atoms with Crippen molar-refractivity contribution in [3.05, 3.63) is 40.4 Å². The van der Waals surface area contributed by atoms with Crippen LogP contribution in [-0.2, 0) is 15.6 Å². The summed E-state index contributed by atoms with van der Waals surface area (Å²) in [7, 11) is 0.